The lowest BCUT2D eigenvalue weighted by Crippen LogP contribution is -2.34. The van der Waals surface area contributed by atoms with E-state index >= 15 is 0 Å². The summed E-state index contributed by atoms with van der Waals surface area (Å²) in [6.45, 7) is 3.58. The number of carboxylic acid groups (broad SMARTS) is 1. The maximum atomic E-state index is 10.9. The van der Waals surface area contributed by atoms with E-state index in [1.54, 1.807) is 0 Å². The van der Waals surface area contributed by atoms with E-state index in [1.165, 1.54) is 26.2 Å². The molecule has 4 nitrogen and oxygen atoms in total. The zero-order valence-electron chi connectivity index (χ0n) is 10.3. The third-order valence-corrected chi connectivity index (χ3v) is 2.48. The molecule has 0 heterocycles. The summed E-state index contributed by atoms with van der Waals surface area (Å²) in [6, 6.07) is -0.211. The Morgan fingerprint density at radius 3 is 2.31 bits per heavy atom. The van der Waals surface area contributed by atoms with Crippen molar-refractivity contribution >= 4 is 11.9 Å². The fraction of sp³-hybridized carbons (Fsp3) is 0.833. The quantitative estimate of drug-likeness (QED) is 0.596. The van der Waals surface area contributed by atoms with Crippen molar-refractivity contribution in [3.8, 4) is 0 Å². The predicted molar refractivity (Wildman–Crippen MR) is 63.2 cm³/mol. The number of amides is 1. The summed E-state index contributed by atoms with van der Waals surface area (Å²) in [5, 5.41) is 11.4. The number of carbonyl (C=O) groups is 2. The standard InChI is InChI=1S/C12H23NO3/c1-3-4-5-6-7-8-11(9-12(15)16)13-10(2)14/h11H,3-9H2,1-2H3,(H,13,14)(H,15,16). The molecule has 0 aromatic rings. The summed E-state index contributed by atoms with van der Waals surface area (Å²) in [5.74, 6) is -1.01. The van der Waals surface area contributed by atoms with Gasteiger partial charge >= 0.3 is 5.97 Å². The minimum absolute atomic E-state index is 0.0212. The smallest absolute Gasteiger partial charge is 0.305 e. The van der Waals surface area contributed by atoms with Crippen LogP contribution in [0.5, 0.6) is 0 Å². The predicted octanol–water partition coefficient (Wildman–Crippen LogP) is 2.33. The van der Waals surface area contributed by atoms with E-state index < -0.39 is 5.97 Å². The average Bonchev–Trinajstić information content (AvgIpc) is 2.15. The molecule has 0 saturated carbocycles. The summed E-state index contributed by atoms with van der Waals surface area (Å²) in [5.41, 5.74) is 0. The normalized spacial score (nSPS) is 12.1. The van der Waals surface area contributed by atoms with Crippen molar-refractivity contribution in [1.82, 2.24) is 5.32 Å². The van der Waals surface area contributed by atoms with Crippen LogP contribution >= 0.6 is 0 Å². The Morgan fingerprint density at radius 2 is 1.81 bits per heavy atom. The second-order valence-electron chi connectivity index (χ2n) is 4.20. The Kier molecular flexibility index (Phi) is 8.58. The van der Waals surface area contributed by atoms with Gasteiger partial charge in [0.05, 0.1) is 6.42 Å². The molecule has 0 aliphatic heterocycles. The second kappa shape index (κ2) is 9.19. The molecule has 0 aromatic heterocycles. The monoisotopic (exact) mass is 229 g/mol. The Balaban J connectivity index is 3.73. The summed E-state index contributed by atoms with van der Waals surface area (Å²) in [6.07, 6.45) is 6.50. The van der Waals surface area contributed by atoms with Crippen LogP contribution in [0.25, 0.3) is 0 Å². The van der Waals surface area contributed by atoms with Gasteiger partial charge in [0.15, 0.2) is 0 Å². The molecule has 0 saturated heterocycles. The van der Waals surface area contributed by atoms with E-state index in [4.69, 9.17) is 5.11 Å². The molecule has 0 aliphatic rings. The first-order valence-electron chi connectivity index (χ1n) is 6.05. The van der Waals surface area contributed by atoms with Crippen LogP contribution in [0.2, 0.25) is 0 Å². The van der Waals surface area contributed by atoms with Crippen LogP contribution in [0, 0.1) is 0 Å². The van der Waals surface area contributed by atoms with Crippen LogP contribution in [0.4, 0.5) is 0 Å². The van der Waals surface area contributed by atoms with Crippen molar-refractivity contribution in [2.45, 2.75) is 64.8 Å². The van der Waals surface area contributed by atoms with Gasteiger partial charge in [-0.3, -0.25) is 9.59 Å². The molecule has 4 heteroatoms. The van der Waals surface area contributed by atoms with Crippen LogP contribution in [-0.4, -0.2) is 23.0 Å². The van der Waals surface area contributed by atoms with Gasteiger partial charge in [0.25, 0.3) is 0 Å². The number of carbonyl (C=O) groups excluding carboxylic acids is 1. The average molecular weight is 229 g/mol. The number of aliphatic carboxylic acids is 1. The number of hydrogen-bond donors (Lipinski definition) is 2. The summed E-state index contributed by atoms with van der Waals surface area (Å²) < 4.78 is 0. The summed E-state index contributed by atoms with van der Waals surface area (Å²) in [7, 11) is 0. The van der Waals surface area contributed by atoms with E-state index in [0.717, 1.165) is 19.3 Å². The second-order valence-corrected chi connectivity index (χ2v) is 4.20. The highest BCUT2D eigenvalue weighted by Gasteiger charge is 2.13. The number of rotatable bonds is 9. The van der Waals surface area contributed by atoms with E-state index in [2.05, 4.69) is 12.2 Å². The van der Waals surface area contributed by atoms with E-state index in [0.29, 0.717) is 0 Å². The molecular formula is C12H23NO3. The van der Waals surface area contributed by atoms with E-state index in [-0.39, 0.29) is 18.4 Å². The van der Waals surface area contributed by atoms with Gasteiger partial charge in [-0.25, -0.2) is 0 Å². The molecular weight excluding hydrogens is 206 g/mol. The van der Waals surface area contributed by atoms with E-state index in [9.17, 15) is 9.59 Å². The molecule has 94 valence electrons. The van der Waals surface area contributed by atoms with Gasteiger partial charge in [-0.1, -0.05) is 39.0 Å². The fourth-order valence-corrected chi connectivity index (χ4v) is 1.72. The minimum Gasteiger partial charge on any atom is -0.481 e. The number of unbranched alkanes of at least 4 members (excludes halogenated alkanes) is 4. The molecule has 1 unspecified atom stereocenters. The van der Waals surface area contributed by atoms with Crippen molar-refractivity contribution in [2.75, 3.05) is 0 Å². The molecule has 0 spiro atoms. The topological polar surface area (TPSA) is 66.4 Å². The van der Waals surface area contributed by atoms with Crippen LogP contribution in [0.15, 0.2) is 0 Å². The Bertz CT molecular complexity index is 200. The number of nitrogens with one attached hydrogen (secondary N) is 1. The molecule has 0 rings (SSSR count). The third kappa shape index (κ3) is 9.49. The highest BCUT2D eigenvalue weighted by molar-refractivity contribution is 5.74. The van der Waals surface area contributed by atoms with Crippen LogP contribution in [-0.2, 0) is 9.59 Å². The molecule has 0 aliphatic carbocycles. The van der Waals surface area contributed by atoms with Crippen molar-refractivity contribution in [3.63, 3.8) is 0 Å². The SMILES string of the molecule is CCCCCCCC(CC(=O)O)NC(C)=O. The number of carboxylic acids is 1. The van der Waals surface area contributed by atoms with Crippen LogP contribution in [0.1, 0.15) is 58.8 Å². The van der Waals surface area contributed by atoms with Crippen LogP contribution < -0.4 is 5.32 Å². The highest BCUT2D eigenvalue weighted by atomic mass is 16.4. The summed E-state index contributed by atoms with van der Waals surface area (Å²) in [4.78, 5) is 21.4. The van der Waals surface area contributed by atoms with Crippen molar-refractivity contribution in [1.29, 1.82) is 0 Å². The van der Waals surface area contributed by atoms with Crippen LogP contribution in [0.3, 0.4) is 0 Å². The number of hydrogen-bond acceptors (Lipinski definition) is 2. The maximum absolute atomic E-state index is 10.9. The zero-order chi connectivity index (χ0) is 12.4. The Hall–Kier alpha value is -1.06. The first-order valence-corrected chi connectivity index (χ1v) is 6.05. The zero-order valence-corrected chi connectivity index (χ0v) is 10.3. The minimum atomic E-state index is -0.854. The third-order valence-electron chi connectivity index (χ3n) is 2.48. The van der Waals surface area contributed by atoms with Gasteiger partial charge in [-0.2, -0.15) is 0 Å². The molecule has 0 fully saturated rings. The highest BCUT2D eigenvalue weighted by Crippen LogP contribution is 2.09. The molecule has 0 radical (unpaired) electrons. The molecule has 0 bridgehead atoms. The van der Waals surface area contributed by atoms with Gasteiger partial charge in [0.1, 0.15) is 0 Å². The molecule has 2 N–H and O–H groups in total. The van der Waals surface area contributed by atoms with Crippen molar-refractivity contribution < 1.29 is 14.7 Å². The largest absolute Gasteiger partial charge is 0.481 e. The lowest BCUT2D eigenvalue weighted by atomic mass is 10.0. The van der Waals surface area contributed by atoms with Crippen molar-refractivity contribution in [3.05, 3.63) is 0 Å². The lowest BCUT2D eigenvalue weighted by Gasteiger charge is -2.15. The molecule has 1 atom stereocenters. The first-order chi connectivity index (χ1) is 7.56. The van der Waals surface area contributed by atoms with E-state index in [1.807, 2.05) is 0 Å². The molecule has 1 amide bonds. The van der Waals surface area contributed by atoms with Gasteiger partial charge in [0, 0.05) is 13.0 Å². The van der Waals surface area contributed by atoms with Gasteiger partial charge < -0.3 is 10.4 Å². The molecule has 0 aromatic carbocycles. The van der Waals surface area contributed by atoms with Gasteiger partial charge in [0.2, 0.25) is 5.91 Å². The maximum Gasteiger partial charge on any atom is 0.305 e. The first kappa shape index (κ1) is 14.9. The molecule has 16 heavy (non-hydrogen) atoms. The van der Waals surface area contributed by atoms with Crippen molar-refractivity contribution in [2.24, 2.45) is 0 Å². The Labute approximate surface area is 97.4 Å². The fourth-order valence-electron chi connectivity index (χ4n) is 1.72. The van der Waals surface area contributed by atoms with Gasteiger partial charge in [-0.05, 0) is 6.42 Å². The lowest BCUT2D eigenvalue weighted by molar-refractivity contribution is -0.137. The summed E-state index contributed by atoms with van der Waals surface area (Å²) >= 11 is 0. The van der Waals surface area contributed by atoms with Gasteiger partial charge in [-0.15, -0.1) is 0 Å². The Morgan fingerprint density at radius 1 is 1.19 bits per heavy atom.